The highest BCUT2D eigenvalue weighted by atomic mass is 32.1. The second kappa shape index (κ2) is 5.89. The van der Waals surface area contributed by atoms with Crippen LogP contribution in [0, 0.1) is 6.92 Å². The van der Waals surface area contributed by atoms with Crippen molar-refractivity contribution in [3.05, 3.63) is 46.2 Å². The number of pyridine rings is 1. The van der Waals surface area contributed by atoms with Gasteiger partial charge in [0.25, 0.3) is 0 Å². The van der Waals surface area contributed by atoms with Gasteiger partial charge in [0.05, 0.1) is 17.2 Å². The molecule has 2 aromatic rings. The van der Waals surface area contributed by atoms with E-state index in [0.29, 0.717) is 0 Å². The van der Waals surface area contributed by atoms with E-state index in [4.69, 9.17) is 0 Å². The monoisotopic (exact) mass is 247 g/mol. The van der Waals surface area contributed by atoms with E-state index in [-0.39, 0.29) is 6.04 Å². The van der Waals surface area contributed by atoms with Crippen molar-refractivity contribution in [2.24, 2.45) is 0 Å². The molecular formula is C13H17N3S. The Hall–Kier alpha value is -1.26. The van der Waals surface area contributed by atoms with E-state index in [1.165, 1.54) is 11.1 Å². The summed E-state index contributed by atoms with van der Waals surface area (Å²) in [5.74, 6) is 0. The Kier molecular flexibility index (Phi) is 4.23. The third kappa shape index (κ3) is 2.90. The lowest BCUT2D eigenvalue weighted by atomic mass is 10.0. The van der Waals surface area contributed by atoms with Crippen molar-refractivity contribution in [3.63, 3.8) is 0 Å². The summed E-state index contributed by atoms with van der Waals surface area (Å²) in [6.45, 7) is 5.27. The molecule has 0 bridgehead atoms. The Morgan fingerprint density at radius 2 is 2.35 bits per heavy atom. The average Bonchev–Trinajstić information content (AvgIpc) is 2.85. The normalized spacial score (nSPS) is 12.6. The van der Waals surface area contributed by atoms with Gasteiger partial charge in [-0.15, -0.1) is 11.3 Å². The maximum Gasteiger partial charge on any atom is 0.0795 e. The molecule has 1 N–H and O–H groups in total. The molecule has 90 valence electrons. The van der Waals surface area contributed by atoms with E-state index < -0.39 is 0 Å². The van der Waals surface area contributed by atoms with Gasteiger partial charge in [-0.1, -0.05) is 6.92 Å². The minimum Gasteiger partial charge on any atom is -0.305 e. The Morgan fingerprint density at radius 1 is 1.47 bits per heavy atom. The molecule has 3 nitrogen and oxygen atoms in total. The molecule has 0 aliphatic rings. The molecule has 2 heterocycles. The van der Waals surface area contributed by atoms with Crippen LogP contribution >= 0.6 is 11.3 Å². The third-order valence-corrected chi connectivity index (χ3v) is 3.34. The number of nitrogens with zero attached hydrogens (tertiary/aromatic N) is 2. The smallest absolute Gasteiger partial charge is 0.0795 e. The highest BCUT2D eigenvalue weighted by Crippen LogP contribution is 2.23. The van der Waals surface area contributed by atoms with Crippen molar-refractivity contribution in [1.82, 2.24) is 15.3 Å². The molecule has 2 aromatic heterocycles. The number of hydrogen-bond donors (Lipinski definition) is 1. The van der Waals surface area contributed by atoms with Gasteiger partial charge in [-0.25, -0.2) is 4.98 Å². The first kappa shape index (κ1) is 12.2. The number of aromatic nitrogens is 2. The van der Waals surface area contributed by atoms with Crippen molar-refractivity contribution in [2.75, 3.05) is 6.54 Å². The molecule has 0 aliphatic heterocycles. The van der Waals surface area contributed by atoms with Gasteiger partial charge in [0.1, 0.15) is 0 Å². The summed E-state index contributed by atoms with van der Waals surface area (Å²) in [4.78, 5) is 8.64. The van der Waals surface area contributed by atoms with Gasteiger partial charge in [0, 0.05) is 17.8 Å². The summed E-state index contributed by atoms with van der Waals surface area (Å²) in [6, 6.07) is 2.21. The van der Waals surface area contributed by atoms with Crippen LogP contribution in [0.5, 0.6) is 0 Å². The number of nitrogens with one attached hydrogen (secondary N) is 1. The highest BCUT2D eigenvalue weighted by molar-refractivity contribution is 7.07. The van der Waals surface area contributed by atoms with Crippen LogP contribution in [0.2, 0.25) is 0 Å². The Morgan fingerprint density at radius 3 is 3.00 bits per heavy atom. The van der Waals surface area contributed by atoms with Crippen molar-refractivity contribution in [3.8, 4) is 0 Å². The van der Waals surface area contributed by atoms with E-state index in [9.17, 15) is 0 Å². The number of thiazole rings is 1. The molecule has 0 spiro atoms. The zero-order valence-corrected chi connectivity index (χ0v) is 11.0. The summed E-state index contributed by atoms with van der Waals surface area (Å²) in [6.07, 6.45) is 4.87. The largest absolute Gasteiger partial charge is 0.305 e. The SMILES string of the molecule is CCCNC(c1cscn1)c1cnccc1C. The van der Waals surface area contributed by atoms with Gasteiger partial charge in [-0.05, 0) is 37.1 Å². The third-order valence-electron chi connectivity index (χ3n) is 2.74. The predicted molar refractivity (Wildman–Crippen MR) is 71.2 cm³/mol. The minimum absolute atomic E-state index is 0.162. The van der Waals surface area contributed by atoms with Crippen molar-refractivity contribution < 1.29 is 0 Å². The maximum absolute atomic E-state index is 4.42. The van der Waals surface area contributed by atoms with Gasteiger partial charge in [-0.2, -0.15) is 0 Å². The Labute approximate surface area is 106 Å². The van der Waals surface area contributed by atoms with E-state index in [1.807, 2.05) is 24.0 Å². The second-order valence-corrected chi connectivity index (χ2v) is 4.75. The summed E-state index contributed by atoms with van der Waals surface area (Å²) in [7, 11) is 0. The first-order valence-corrected chi connectivity index (χ1v) is 6.79. The van der Waals surface area contributed by atoms with Crippen LogP contribution in [-0.2, 0) is 0 Å². The standard InChI is InChI=1S/C13H17N3S/c1-3-5-15-13(12-8-17-9-16-12)11-7-14-6-4-10(11)2/h4,6-9,13,15H,3,5H2,1-2H3. The fraction of sp³-hybridized carbons (Fsp3) is 0.385. The lowest BCUT2D eigenvalue weighted by Crippen LogP contribution is -2.24. The molecule has 17 heavy (non-hydrogen) atoms. The van der Waals surface area contributed by atoms with Crippen LogP contribution in [0.25, 0.3) is 0 Å². The second-order valence-electron chi connectivity index (χ2n) is 4.03. The van der Waals surface area contributed by atoms with Gasteiger partial charge in [0.2, 0.25) is 0 Å². The van der Waals surface area contributed by atoms with E-state index in [0.717, 1.165) is 18.7 Å². The molecule has 0 saturated carbocycles. The molecule has 1 unspecified atom stereocenters. The van der Waals surface area contributed by atoms with Gasteiger partial charge in [-0.3, -0.25) is 4.98 Å². The van der Waals surface area contributed by atoms with Crippen molar-refractivity contribution in [2.45, 2.75) is 26.3 Å². The molecule has 0 amide bonds. The Balaban J connectivity index is 2.30. The van der Waals surface area contributed by atoms with Crippen LogP contribution in [0.15, 0.2) is 29.4 Å². The fourth-order valence-electron chi connectivity index (χ4n) is 1.81. The summed E-state index contributed by atoms with van der Waals surface area (Å²) in [5, 5.41) is 5.63. The number of hydrogen-bond acceptors (Lipinski definition) is 4. The summed E-state index contributed by atoms with van der Waals surface area (Å²) >= 11 is 1.63. The van der Waals surface area contributed by atoms with Gasteiger partial charge < -0.3 is 5.32 Å². The molecule has 4 heteroatoms. The average molecular weight is 247 g/mol. The number of rotatable bonds is 5. The van der Waals surface area contributed by atoms with Crippen LogP contribution in [0.1, 0.15) is 36.2 Å². The molecule has 0 saturated heterocycles. The lowest BCUT2D eigenvalue weighted by Gasteiger charge is -2.18. The van der Waals surface area contributed by atoms with E-state index >= 15 is 0 Å². The van der Waals surface area contributed by atoms with Crippen molar-refractivity contribution in [1.29, 1.82) is 0 Å². The molecule has 2 rings (SSSR count). The maximum atomic E-state index is 4.42. The molecule has 0 aromatic carbocycles. The van der Waals surface area contributed by atoms with Crippen molar-refractivity contribution >= 4 is 11.3 Å². The topological polar surface area (TPSA) is 37.8 Å². The fourth-order valence-corrected chi connectivity index (χ4v) is 2.39. The molecular weight excluding hydrogens is 230 g/mol. The summed E-state index contributed by atoms with van der Waals surface area (Å²) < 4.78 is 0. The van der Waals surface area contributed by atoms with Crippen LogP contribution in [-0.4, -0.2) is 16.5 Å². The molecule has 1 atom stereocenters. The zero-order valence-electron chi connectivity index (χ0n) is 10.2. The molecule has 0 aliphatic carbocycles. The molecule has 0 radical (unpaired) electrons. The van der Waals surface area contributed by atoms with Crippen LogP contribution in [0.3, 0.4) is 0 Å². The van der Waals surface area contributed by atoms with Gasteiger partial charge >= 0.3 is 0 Å². The number of aryl methyl sites for hydroxylation is 1. The lowest BCUT2D eigenvalue weighted by molar-refractivity contribution is 0.585. The predicted octanol–water partition coefficient (Wildman–Crippen LogP) is 2.94. The Bertz CT molecular complexity index is 453. The first-order chi connectivity index (χ1) is 8.33. The quantitative estimate of drug-likeness (QED) is 0.882. The zero-order chi connectivity index (χ0) is 12.1. The van der Waals surface area contributed by atoms with Gasteiger partial charge in [0.15, 0.2) is 0 Å². The highest BCUT2D eigenvalue weighted by Gasteiger charge is 2.17. The summed E-state index contributed by atoms with van der Waals surface area (Å²) in [5.41, 5.74) is 5.43. The molecule has 0 fully saturated rings. The van der Waals surface area contributed by atoms with Crippen LogP contribution in [0.4, 0.5) is 0 Å². The first-order valence-electron chi connectivity index (χ1n) is 5.85. The van der Waals surface area contributed by atoms with Crippen LogP contribution < -0.4 is 5.32 Å². The van der Waals surface area contributed by atoms with E-state index in [1.54, 1.807) is 11.3 Å². The minimum atomic E-state index is 0.162. The van der Waals surface area contributed by atoms with E-state index in [2.05, 4.69) is 34.5 Å².